The second-order valence-corrected chi connectivity index (χ2v) is 8.40. The van der Waals surface area contributed by atoms with E-state index >= 15 is 0 Å². The molecule has 0 radical (unpaired) electrons. The zero-order valence-corrected chi connectivity index (χ0v) is 18.4. The maximum atomic E-state index is 12.3. The van der Waals surface area contributed by atoms with E-state index in [9.17, 15) is 4.79 Å². The van der Waals surface area contributed by atoms with Crippen LogP contribution in [0.3, 0.4) is 0 Å². The molecular weight excluding hydrogens is 452 g/mol. The van der Waals surface area contributed by atoms with Crippen molar-refractivity contribution in [2.75, 3.05) is 11.1 Å². The smallest absolute Gasteiger partial charge is 0.234 e. The normalized spacial score (nSPS) is 11.1. The summed E-state index contributed by atoms with van der Waals surface area (Å²) in [4.78, 5) is 12.3. The van der Waals surface area contributed by atoms with Crippen LogP contribution in [0.5, 0.6) is 0 Å². The number of nitrogens with zero attached hydrogens (tertiary/aromatic N) is 3. The van der Waals surface area contributed by atoms with Gasteiger partial charge in [0.1, 0.15) is 5.58 Å². The summed E-state index contributed by atoms with van der Waals surface area (Å²) in [6, 6.07) is 15.5. The molecular formula is C21H19BrN4O2S. The Balaban J connectivity index is 1.49. The number of furan rings is 1. The van der Waals surface area contributed by atoms with E-state index in [1.807, 2.05) is 66.9 Å². The van der Waals surface area contributed by atoms with Crippen molar-refractivity contribution in [2.24, 2.45) is 0 Å². The lowest BCUT2D eigenvalue weighted by Crippen LogP contribution is -2.14. The molecule has 8 heteroatoms. The summed E-state index contributed by atoms with van der Waals surface area (Å²) < 4.78 is 8.89. The third-order valence-corrected chi connectivity index (χ3v) is 5.86. The van der Waals surface area contributed by atoms with Gasteiger partial charge in [0.25, 0.3) is 0 Å². The maximum Gasteiger partial charge on any atom is 0.234 e. The lowest BCUT2D eigenvalue weighted by atomic mass is 10.2. The average molecular weight is 471 g/mol. The van der Waals surface area contributed by atoms with Crippen molar-refractivity contribution in [1.29, 1.82) is 0 Å². The lowest BCUT2D eigenvalue weighted by molar-refractivity contribution is -0.113. The Hall–Kier alpha value is -2.58. The number of amides is 1. The first kappa shape index (κ1) is 19.7. The number of aromatic nitrogens is 3. The van der Waals surface area contributed by atoms with Crippen LogP contribution < -0.4 is 5.32 Å². The SMILES string of the molecule is CCn1c(SCC(=O)Nc2ccc(C)cc2)nnc1-c1cc2cc(Br)ccc2o1. The summed E-state index contributed by atoms with van der Waals surface area (Å²) >= 11 is 4.83. The van der Waals surface area contributed by atoms with Gasteiger partial charge in [0.15, 0.2) is 10.9 Å². The monoisotopic (exact) mass is 470 g/mol. The fraction of sp³-hybridized carbons (Fsp3) is 0.190. The van der Waals surface area contributed by atoms with Crippen LogP contribution in [0.2, 0.25) is 0 Å². The van der Waals surface area contributed by atoms with E-state index in [0.717, 1.165) is 26.7 Å². The number of hydrogen-bond donors (Lipinski definition) is 1. The minimum atomic E-state index is -0.0837. The Bertz CT molecular complexity index is 1170. The molecule has 0 aliphatic carbocycles. The maximum absolute atomic E-state index is 12.3. The number of benzene rings is 2. The minimum Gasteiger partial charge on any atom is -0.453 e. The summed E-state index contributed by atoms with van der Waals surface area (Å²) in [6.07, 6.45) is 0. The molecule has 4 aromatic rings. The molecule has 0 aliphatic heterocycles. The molecule has 0 saturated carbocycles. The number of thioether (sulfide) groups is 1. The molecule has 2 aromatic carbocycles. The Morgan fingerprint density at radius 1 is 1.17 bits per heavy atom. The molecule has 1 amide bonds. The lowest BCUT2D eigenvalue weighted by Gasteiger charge is -2.07. The van der Waals surface area contributed by atoms with Crippen LogP contribution >= 0.6 is 27.7 Å². The van der Waals surface area contributed by atoms with E-state index in [-0.39, 0.29) is 11.7 Å². The number of hydrogen-bond acceptors (Lipinski definition) is 5. The van der Waals surface area contributed by atoms with Gasteiger partial charge in [-0.3, -0.25) is 9.36 Å². The highest BCUT2D eigenvalue weighted by Gasteiger charge is 2.18. The van der Waals surface area contributed by atoms with Crippen molar-refractivity contribution in [3.05, 3.63) is 58.6 Å². The first-order chi connectivity index (χ1) is 14.0. The Kier molecular flexibility index (Phi) is 5.73. The molecule has 6 nitrogen and oxygen atoms in total. The Morgan fingerprint density at radius 2 is 1.97 bits per heavy atom. The molecule has 2 aromatic heterocycles. The number of carbonyl (C=O) groups excluding carboxylic acids is 1. The number of aryl methyl sites for hydroxylation is 1. The van der Waals surface area contributed by atoms with Crippen molar-refractivity contribution in [2.45, 2.75) is 25.5 Å². The van der Waals surface area contributed by atoms with Crippen molar-refractivity contribution in [3.8, 4) is 11.6 Å². The summed E-state index contributed by atoms with van der Waals surface area (Å²) in [5.41, 5.74) is 2.73. The van der Waals surface area contributed by atoms with Gasteiger partial charge in [-0.2, -0.15) is 0 Å². The zero-order chi connectivity index (χ0) is 20.4. The first-order valence-electron chi connectivity index (χ1n) is 9.15. The third kappa shape index (κ3) is 4.38. The second kappa shape index (κ2) is 8.42. The molecule has 0 spiro atoms. The highest BCUT2D eigenvalue weighted by atomic mass is 79.9. The van der Waals surface area contributed by atoms with E-state index in [2.05, 4.69) is 31.4 Å². The summed E-state index contributed by atoms with van der Waals surface area (Å²) in [6.45, 7) is 4.70. The number of carbonyl (C=O) groups is 1. The molecule has 0 bridgehead atoms. The highest BCUT2D eigenvalue weighted by molar-refractivity contribution is 9.10. The Morgan fingerprint density at radius 3 is 2.72 bits per heavy atom. The van der Waals surface area contributed by atoms with Crippen LogP contribution in [0.4, 0.5) is 5.69 Å². The zero-order valence-electron chi connectivity index (χ0n) is 16.0. The van der Waals surface area contributed by atoms with Crippen molar-refractivity contribution < 1.29 is 9.21 Å². The summed E-state index contributed by atoms with van der Waals surface area (Å²) in [7, 11) is 0. The fourth-order valence-corrected chi connectivity index (χ4v) is 4.13. The molecule has 148 valence electrons. The molecule has 0 unspecified atom stereocenters. The predicted octanol–water partition coefficient (Wildman–Crippen LogP) is 5.51. The number of fused-ring (bicyclic) bond motifs is 1. The van der Waals surface area contributed by atoms with Crippen LogP contribution in [-0.2, 0) is 11.3 Å². The molecule has 0 atom stereocenters. The van der Waals surface area contributed by atoms with Crippen LogP contribution in [0.25, 0.3) is 22.6 Å². The molecule has 2 heterocycles. The summed E-state index contributed by atoms with van der Waals surface area (Å²) in [5.74, 6) is 1.48. The van der Waals surface area contributed by atoms with Gasteiger partial charge in [-0.1, -0.05) is 45.4 Å². The third-order valence-electron chi connectivity index (χ3n) is 4.40. The largest absolute Gasteiger partial charge is 0.453 e. The van der Waals surface area contributed by atoms with E-state index in [4.69, 9.17) is 4.42 Å². The standard InChI is InChI=1S/C21H19BrN4O2S/c1-3-26-20(18-11-14-10-15(22)6-9-17(14)28-18)24-25-21(26)29-12-19(27)23-16-7-4-13(2)5-8-16/h4-11H,3,12H2,1-2H3,(H,23,27). The molecule has 1 N–H and O–H groups in total. The van der Waals surface area contributed by atoms with E-state index < -0.39 is 0 Å². The van der Waals surface area contributed by atoms with Gasteiger partial charge in [0.2, 0.25) is 11.7 Å². The van der Waals surface area contributed by atoms with Gasteiger partial charge in [-0.25, -0.2) is 0 Å². The van der Waals surface area contributed by atoms with E-state index in [1.165, 1.54) is 11.8 Å². The van der Waals surface area contributed by atoms with E-state index in [1.54, 1.807) is 0 Å². The molecule has 0 aliphatic rings. The van der Waals surface area contributed by atoms with Crippen LogP contribution in [0.1, 0.15) is 12.5 Å². The van der Waals surface area contributed by atoms with Gasteiger partial charge in [0, 0.05) is 22.1 Å². The Labute approximate surface area is 180 Å². The number of anilines is 1. The van der Waals surface area contributed by atoms with E-state index in [0.29, 0.717) is 23.3 Å². The van der Waals surface area contributed by atoms with Gasteiger partial charge in [0.05, 0.1) is 5.75 Å². The van der Waals surface area contributed by atoms with Gasteiger partial charge in [-0.05, 0) is 50.2 Å². The van der Waals surface area contributed by atoms with Crippen LogP contribution in [0, 0.1) is 6.92 Å². The predicted molar refractivity (Wildman–Crippen MR) is 119 cm³/mol. The topological polar surface area (TPSA) is 73.0 Å². The van der Waals surface area contributed by atoms with Crippen molar-refractivity contribution in [3.63, 3.8) is 0 Å². The second-order valence-electron chi connectivity index (χ2n) is 6.55. The fourth-order valence-electron chi connectivity index (χ4n) is 2.95. The van der Waals surface area contributed by atoms with Gasteiger partial charge >= 0.3 is 0 Å². The molecule has 0 saturated heterocycles. The number of halogens is 1. The molecule has 0 fully saturated rings. The molecule has 4 rings (SSSR count). The van der Waals surface area contributed by atoms with Gasteiger partial charge in [-0.15, -0.1) is 10.2 Å². The number of nitrogens with one attached hydrogen (secondary N) is 1. The average Bonchev–Trinajstić information content (AvgIpc) is 3.31. The van der Waals surface area contributed by atoms with Crippen LogP contribution in [-0.4, -0.2) is 26.4 Å². The minimum absolute atomic E-state index is 0.0837. The van der Waals surface area contributed by atoms with Crippen molar-refractivity contribution in [1.82, 2.24) is 14.8 Å². The molecule has 29 heavy (non-hydrogen) atoms. The highest BCUT2D eigenvalue weighted by Crippen LogP contribution is 2.30. The van der Waals surface area contributed by atoms with Crippen molar-refractivity contribution >= 4 is 50.3 Å². The number of rotatable bonds is 6. The van der Waals surface area contributed by atoms with Crippen LogP contribution in [0.15, 0.2) is 62.6 Å². The summed E-state index contributed by atoms with van der Waals surface area (Å²) in [5, 5.41) is 13.1. The van der Waals surface area contributed by atoms with Gasteiger partial charge < -0.3 is 9.73 Å². The first-order valence-corrected chi connectivity index (χ1v) is 10.9. The quantitative estimate of drug-likeness (QED) is 0.376.